The SMILES string of the molecule is CCCC[n+]1c(/C=C2\Oc3ccc(-n4ccc5ccccc54)cc3N2CCCS(=O)(=O)O)sc2ccc(-c3cccs3)cc21. The molecule has 1 aliphatic rings. The van der Waals surface area contributed by atoms with E-state index in [2.05, 4.69) is 88.3 Å². The van der Waals surface area contributed by atoms with Crippen LogP contribution in [0.15, 0.2) is 96.3 Å². The van der Waals surface area contributed by atoms with Crippen molar-refractivity contribution < 1.29 is 22.3 Å². The Bertz CT molecular complexity index is 2110. The molecule has 1 aliphatic heterocycles. The summed E-state index contributed by atoms with van der Waals surface area (Å²) in [7, 11) is -4.09. The fourth-order valence-corrected chi connectivity index (χ4v) is 8.06. The van der Waals surface area contributed by atoms with Gasteiger partial charge in [-0.3, -0.25) is 4.55 Å². The minimum Gasteiger partial charge on any atom is -0.438 e. The Balaban J connectivity index is 1.30. The molecular weight excluding hydrogens is 611 g/mol. The van der Waals surface area contributed by atoms with Crippen molar-refractivity contribution in [2.45, 2.75) is 32.7 Å². The van der Waals surface area contributed by atoms with Crippen molar-refractivity contribution in [2.24, 2.45) is 0 Å². The topological polar surface area (TPSA) is 75.7 Å². The van der Waals surface area contributed by atoms with Crippen molar-refractivity contribution in [3.05, 3.63) is 101 Å². The molecule has 1 N–H and O–H groups in total. The second-order valence-electron chi connectivity index (χ2n) is 10.9. The molecule has 0 aliphatic carbocycles. The van der Waals surface area contributed by atoms with Gasteiger partial charge < -0.3 is 14.2 Å². The van der Waals surface area contributed by atoms with Crippen molar-refractivity contribution in [2.75, 3.05) is 17.2 Å². The number of unbranched alkanes of at least 4 members (excludes halogenated alkanes) is 1. The first kappa shape index (κ1) is 28.8. The molecule has 10 heteroatoms. The van der Waals surface area contributed by atoms with Crippen LogP contribution in [0.3, 0.4) is 0 Å². The third-order valence-electron chi connectivity index (χ3n) is 7.89. The number of aromatic nitrogens is 2. The van der Waals surface area contributed by atoms with Crippen molar-refractivity contribution in [1.29, 1.82) is 0 Å². The van der Waals surface area contributed by atoms with Gasteiger partial charge in [-0.05, 0) is 65.2 Å². The number of para-hydroxylation sites is 1. The molecule has 224 valence electrons. The minimum atomic E-state index is -4.09. The van der Waals surface area contributed by atoms with E-state index in [9.17, 15) is 13.0 Å². The van der Waals surface area contributed by atoms with Gasteiger partial charge in [0.2, 0.25) is 11.4 Å². The Labute approximate surface area is 264 Å². The predicted octanol–water partition coefficient (Wildman–Crippen LogP) is 8.14. The van der Waals surface area contributed by atoms with E-state index in [1.165, 1.54) is 20.7 Å². The van der Waals surface area contributed by atoms with Crippen LogP contribution in [0.1, 0.15) is 31.2 Å². The molecular formula is C34H32N3O4S3+. The molecule has 3 aromatic heterocycles. The van der Waals surface area contributed by atoms with E-state index >= 15 is 0 Å². The Hall–Kier alpha value is -3.96. The van der Waals surface area contributed by atoms with Crippen LogP contribution in [0, 0.1) is 0 Å². The fraction of sp³-hybridized carbons (Fsp3) is 0.206. The molecule has 0 atom stereocenters. The number of anilines is 1. The Morgan fingerprint density at radius 3 is 2.70 bits per heavy atom. The molecule has 0 radical (unpaired) electrons. The van der Waals surface area contributed by atoms with E-state index in [1.807, 2.05) is 29.2 Å². The third kappa shape index (κ3) is 5.66. The Kier molecular flexibility index (Phi) is 7.75. The number of rotatable bonds is 10. The van der Waals surface area contributed by atoms with E-state index in [0.717, 1.165) is 46.7 Å². The highest BCUT2D eigenvalue weighted by molar-refractivity contribution is 7.85. The molecule has 0 spiro atoms. The molecule has 0 saturated heterocycles. The van der Waals surface area contributed by atoms with Crippen LogP contribution in [0.25, 0.3) is 43.3 Å². The molecule has 6 aromatic rings. The summed E-state index contributed by atoms with van der Waals surface area (Å²) in [5, 5.41) is 4.32. The summed E-state index contributed by atoms with van der Waals surface area (Å²) >= 11 is 3.46. The number of hydrogen-bond donors (Lipinski definition) is 1. The highest BCUT2D eigenvalue weighted by Crippen LogP contribution is 2.42. The average molecular weight is 643 g/mol. The Morgan fingerprint density at radius 2 is 1.89 bits per heavy atom. The number of hydrogen-bond acceptors (Lipinski definition) is 6. The van der Waals surface area contributed by atoms with E-state index in [0.29, 0.717) is 18.2 Å². The zero-order valence-electron chi connectivity index (χ0n) is 24.2. The van der Waals surface area contributed by atoms with Gasteiger partial charge in [-0.25, -0.2) is 0 Å². The minimum absolute atomic E-state index is 0.252. The fourth-order valence-electron chi connectivity index (χ4n) is 5.75. The molecule has 0 unspecified atom stereocenters. The van der Waals surface area contributed by atoms with Gasteiger partial charge in [-0.2, -0.15) is 13.0 Å². The second kappa shape index (κ2) is 11.9. The van der Waals surface area contributed by atoms with Crippen molar-refractivity contribution >= 4 is 65.7 Å². The van der Waals surface area contributed by atoms with Gasteiger partial charge in [0.25, 0.3) is 15.1 Å². The zero-order valence-corrected chi connectivity index (χ0v) is 26.7. The summed E-state index contributed by atoms with van der Waals surface area (Å²) < 4.78 is 44.8. The maximum atomic E-state index is 11.6. The van der Waals surface area contributed by atoms with Crippen LogP contribution >= 0.6 is 22.7 Å². The van der Waals surface area contributed by atoms with Crippen LogP contribution in [-0.4, -0.2) is 29.8 Å². The number of thiophene rings is 1. The summed E-state index contributed by atoms with van der Waals surface area (Å²) in [6, 6.07) is 27.3. The maximum Gasteiger partial charge on any atom is 0.268 e. The first-order valence-corrected chi connectivity index (χ1v) is 18.0. The van der Waals surface area contributed by atoms with Crippen LogP contribution in [-0.2, 0) is 16.7 Å². The van der Waals surface area contributed by atoms with Gasteiger partial charge in [-0.15, -0.1) is 11.3 Å². The monoisotopic (exact) mass is 642 g/mol. The summed E-state index contributed by atoms with van der Waals surface area (Å²) in [4.78, 5) is 3.27. The van der Waals surface area contributed by atoms with E-state index in [-0.39, 0.29) is 12.2 Å². The van der Waals surface area contributed by atoms with Crippen molar-refractivity contribution in [1.82, 2.24) is 4.57 Å². The lowest BCUT2D eigenvalue weighted by molar-refractivity contribution is -0.669. The van der Waals surface area contributed by atoms with Crippen LogP contribution in [0.2, 0.25) is 0 Å². The summed E-state index contributed by atoms with van der Waals surface area (Å²) in [5.74, 6) is 1.03. The van der Waals surface area contributed by atoms with Crippen LogP contribution in [0.4, 0.5) is 5.69 Å². The van der Waals surface area contributed by atoms with Gasteiger partial charge >= 0.3 is 0 Å². The number of fused-ring (bicyclic) bond motifs is 3. The quantitative estimate of drug-likeness (QED) is 0.121. The lowest BCUT2D eigenvalue weighted by Gasteiger charge is -2.18. The highest BCUT2D eigenvalue weighted by atomic mass is 32.2. The van der Waals surface area contributed by atoms with Crippen molar-refractivity contribution in [3.63, 3.8) is 0 Å². The lowest BCUT2D eigenvalue weighted by Crippen LogP contribution is -2.35. The van der Waals surface area contributed by atoms with E-state index in [4.69, 9.17) is 4.74 Å². The number of thiazole rings is 1. The molecule has 3 aromatic carbocycles. The van der Waals surface area contributed by atoms with E-state index in [1.54, 1.807) is 22.7 Å². The highest BCUT2D eigenvalue weighted by Gasteiger charge is 2.30. The molecule has 0 saturated carbocycles. The van der Waals surface area contributed by atoms with Crippen molar-refractivity contribution in [3.8, 4) is 21.9 Å². The van der Waals surface area contributed by atoms with Crippen LogP contribution in [0.5, 0.6) is 5.75 Å². The Morgan fingerprint density at radius 1 is 1.00 bits per heavy atom. The number of aryl methyl sites for hydroxylation is 1. The summed E-state index contributed by atoms with van der Waals surface area (Å²) in [6.45, 7) is 3.45. The van der Waals surface area contributed by atoms with Gasteiger partial charge in [0, 0.05) is 35.8 Å². The standard InChI is InChI=1S/C34H31N3O4S3/c1-2-3-16-37-29-21-25(31-10-6-19-42-31)11-14-32(29)43-34(37)23-33-36(17-7-20-44(38,39)40)28-22-26(12-13-30(28)41-33)35-18-15-24-8-4-5-9-27(24)35/h4-6,8-15,18-19,21-23H,2-3,7,16-17,20H2,1H3/p+1. The van der Waals surface area contributed by atoms with Crippen LogP contribution < -0.4 is 14.2 Å². The van der Waals surface area contributed by atoms with Gasteiger partial charge in [0.05, 0.1) is 23.0 Å². The molecule has 0 amide bonds. The van der Waals surface area contributed by atoms with E-state index < -0.39 is 10.1 Å². The average Bonchev–Trinajstić information content (AvgIpc) is 3.81. The molecule has 44 heavy (non-hydrogen) atoms. The largest absolute Gasteiger partial charge is 0.438 e. The number of nitrogens with zero attached hydrogens (tertiary/aromatic N) is 3. The molecule has 7 rings (SSSR count). The smallest absolute Gasteiger partial charge is 0.268 e. The number of ether oxygens (including phenoxy) is 1. The summed E-state index contributed by atoms with van der Waals surface area (Å²) in [5.41, 5.74) is 5.34. The predicted molar refractivity (Wildman–Crippen MR) is 180 cm³/mol. The lowest BCUT2D eigenvalue weighted by atomic mass is 10.2. The maximum absolute atomic E-state index is 11.6. The first-order chi connectivity index (χ1) is 21.4. The molecule has 0 fully saturated rings. The second-order valence-corrected chi connectivity index (χ2v) is 14.5. The third-order valence-corrected chi connectivity index (χ3v) is 10.7. The first-order valence-electron chi connectivity index (χ1n) is 14.7. The zero-order chi connectivity index (χ0) is 30.3. The van der Waals surface area contributed by atoms with Gasteiger partial charge in [-0.1, -0.05) is 55.0 Å². The molecule has 0 bridgehead atoms. The normalized spacial score (nSPS) is 14.1. The van der Waals surface area contributed by atoms with Gasteiger partial charge in [0.1, 0.15) is 4.70 Å². The molecule has 4 heterocycles. The summed E-state index contributed by atoms with van der Waals surface area (Å²) in [6.07, 6.45) is 6.50. The van der Waals surface area contributed by atoms with Gasteiger partial charge in [0.15, 0.2) is 12.3 Å². The molecule has 7 nitrogen and oxygen atoms in total. The number of benzene rings is 3.